The summed E-state index contributed by atoms with van der Waals surface area (Å²) in [5.74, 6) is -1.27. The minimum absolute atomic E-state index is 0.0102. The lowest BCUT2D eigenvalue weighted by molar-refractivity contribution is -0.137. The average Bonchev–Trinajstić information content (AvgIpc) is 2.84. The van der Waals surface area contributed by atoms with Crippen molar-refractivity contribution in [1.29, 1.82) is 0 Å². The summed E-state index contributed by atoms with van der Waals surface area (Å²) in [5, 5.41) is 8.73. The zero-order valence-electron chi connectivity index (χ0n) is 12.5. The van der Waals surface area contributed by atoms with E-state index in [1.807, 2.05) is 0 Å². The van der Waals surface area contributed by atoms with Crippen LogP contribution in [0.1, 0.15) is 19.3 Å². The van der Waals surface area contributed by atoms with Crippen LogP contribution < -0.4 is 0 Å². The molecule has 1 aliphatic heterocycles. The summed E-state index contributed by atoms with van der Waals surface area (Å²) in [7, 11) is -7.10. The maximum atomic E-state index is 12.8. The highest BCUT2D eigenvalue weighted by atomic mass is 32.2. The molecule has 1 fully saturated rings. The molecule has 0 bridgehead atoms. The van der Waals surface area contributed by atoms with E-state index in [4.69, 9.17) is 5.11 Å². The van der Waals surface area contributed by atoms with Gasteiger partial charge in [0.05, 0.1) is 16.4 Å². The van der Waals surface area contributed by atoms with Gasteiger partial charge in [0.25, 0.3) is 0 Å². The molecule has 7 nitrogen and oxygen atoms in total. The Labute approximate surface area is 135 Å². The van der Waals surface area contributed by atoms with Crippen LogP contribution in [0.2, 0.25) is 0 Å². The number of rotatable bonds is 7. The van der Waals surface area contributed by atoms with Gasteiger partial charge < -0.3 is 5.11 Å². The van der Waals surface area contributed by atoms with Crippen LogP contribution in [-0.2, 0) is 24.7 Å². The number of hydrogen-bond acceptors (Lipinski definition) is 5. The van der Waals surface area contributed by atoms with E-state index < -0.39 is 31.9 Å². The van der Waals surface area contributed by atoms with Gasteiger partial charge in [-0.1, -0.05) is 18.2 Å². The van der Waals surface area contributed by atoms with Crippen molar-refractivity contribution in [2.24, 2.45) is 0 Å². The summed E-state index contributed by atoms with van der Waals surface area (Å²) in [5.41, 5.74) is 0. The lowest BCUT2D eigenvalue weighted by Crippen LogP contribution is -2.41. The molecule has 1 aromatic rings. The fourth-order valence-electron chi connectivity index (χ4n) is 2.62. The Morgan fingerprint density at radius 1 is 1.26 bits per heavy atom. The van der Waals surface area contributed by atoms with Gasteiger partial charge in [-0.2, -0.15) is 4.31 Å². The number of sulfone groups is 1. The lowest BCUT2D eigenvalue weighted by Gasteiger charge is -2.27. The first-order valence-electron chi connectivity index (χ1n) is 7.21. The molecule has 0 unspecified atom stereocenters. The highest BCUT2D eigenvalue weighted by Crippen LogP contribution is 2.25. The Morgan fingerprint density at radius 3 is 2.43 bits per heavy atom. The van der Waals surface area contributed by atoms with Crippen LogP contribution in [0.15, 0.2) is 35.2 Å². The summed E-state index contributed by atoms with van der Waals surface area (Å²) >= 11 is 0. The molecule has 0 amide bonds. The Hall–Kier alpha value is -1.45. The molecule has 0 aromatic heterocycles. The van der Waals surface area contributed by atoms with Gasteiger partial charge in [-0.15, -0.1) is 0 Å². The molecule has 1 aliphatic rings. The van der Waals surface area contributed by atoms with Crippen LogP contribution in [0.5, 0.6) is 0 Å². The molecule has 0 aliphatic carbocycles. The largest absolute Gasteiger partial charge is 0.481 e. The predicted octanol–water partition coefficient (Wildman–Crippen LogP) is 0.729. The van der Waals surface area contributed by atoms with Gasteiger partial charge in [-0.25, -0.2) is 16.8 Å². The van der Waals surface area contributed by atoms with Crippen LogP contribution in [0.3, 0.4) is 0 Å². The fourth-order valence-corrected chi connectivity index (χ4v) is 6.15. The number of carbonyl (C=O) groups is 1. The van der Waals surface area contributed by atoms with Crippen LogP contribution in [0.4, 0.5) is 0 Å². The maximum absolute atomic E-state index is 12.8. The Morgan fingerprint density at radius 2 is 1.91 bits per heavy atom. The van der Waals surface area contributed by atoms with Crippen LogP contribution in [-0.4, -0.2) is 56.3 Å². The van der Waals surface area contributed by atoms with Crippen LogP contribution >= 0.6 is 0 Å². The number of hydrogen-bond donors (Lipinski definition) is 1. The molecule has 1 aromatic carbocycles. The quantitative estimate of drug-likeness (QED) is 0.767. The number of aliphatic carboxylic acids is 1. The smallest absolute Gasteiger partial charge is 0.303 e. The number of carboxylic acids is 1. The molecule has 2 rings (SSSR count). The number of benzene rings is 1. The molecule has 9 heteroatoms. The predicted molar refractivity (Wildman–Crippen MR) is 84.3 cm³/mol. The molecule has 128 valence electrons. The van der Waals surface area contributed by atoms with Gasteiger partial charge in [-0.3, -0.25) is 4.79 Å². The second-order valence-corrected chi connectivity index (χ2v) is 9.60. The third-order valence-corrected chi connectivity index (χ3v) is 7.45. The number of nitrogens with zero attached hydrogens (tertiary/aromatic N) is 1. The normalized spacial score (nSPS) is 20.7. The van der Waals surface area contributed by atoms with E-state index in [0.717, 1.165) is 4.31 Å². The molecular formula is C14H19NO6S2. The van der Waals surface area contributed by atoms with Gasteiger partial charge in [0, 0.05) is 19.0 Å². The molecule has 1 heterocycles. The average molecular weight is 361 g/mol. The first-order valence-corrected chi connectivity index (χ1v) is 10.5. The topological polar surface area (TPSA) is 109 Å². The van der Waals surface area contributed by atoms with Crippen molar-refractivity contribution in [3.8, 4) is 0 Å². The van der Waals surface area contributed by atoms with Gasteiger partial charge in [0.15, 0.2) is 9.84 Å². The first-order chi connectivity index (χ1) is 10.7. The fraction of sp³-hybridized carbons (Fsp3) is 0.500. The molecule has 23 heavy (non-hydrogen) atoms. The molecule has 0 radical (unpaired) electrons. The van der Waals surface area contributed by atoms with Gasteiger partial charge in [0.2, 0.25) is 10.0 Å². The van der Waals surface area contributed by atoms with Crippen molar-refractivity contribution >= 4 is 25.8 Å². The minimum atomic E-state index is -3.86. The summed E-state index contributed by atoms with van der Waals surface area (Å²) in [6.45, 7) is -0.0102. The number of sulfonamides is 1. The third-order valence-electron chi connectivity index (χ3n) is 3.73. The van der Waals surface area contributed by atoms with Crippen molar-refractivity contribution in [2.75, 3.05) is 18.1 Å². The highest BCUT2D eigenvalue weighted by molar-refractivity contribution is 7.92. The zero-order valence-corrected chi connectivity index (χ0v) is 14.1. The standard InChI is InChI=1S/C14H19NO6S2/c16-14(17)7-4-9-15(12-8-10-22(18,19)11-12)23(20,21)13-5-2-1-3-6-13/h1-3,5-6,12H,4,7-11H2,(H,16,17)/t12-/m0/s1. The Balaban J connectivity index is 2.27. The van der Waals surface area contributed by atoms with Crippen molar-refractivity contribution < 1.29 is 26.7 Å². The molecular weight excluding hydrogens is 342 g/mol. The van der Waals surface area contributed by atoms with E-state index in [0.29, 0.717) is 0 Å². The monoisotopic (exact) mass is 361 g/mol. The molecule has 0 saturated carbocycles. The van der Waals surface area contributed by atoms with Crippen molar-refractivity contribution in [1.82, 2.24) is 4.31 Å². The van der Waals surface area contributed by atoms with E-state index in [2.05, 4.69) is 0 Å². The highest BCUT2D eigenvalue weighted by Gasteiger charge is 2.38. The van der Waals surface area contributed by atoms with E-state index in [1.165, 1.54) is 12.1 Å². The van der Waals surface area contributed by atoms with E-state index >= 15 is 0 Å². The van der Waals surface area contributed by atoms with Crippen LogP contribution in [0, 0.1) is 0 Å². The van der Waals surface area contributed by atoms with Crippen molar-refractivity contribution in [2.45, 2.75) is 30.2 Å². The SMILES string of the molecule is O=C(O)CCCN([C@H]1CCS(=O)(=O)C1)S(=O)(=O)c1ccccc1. The van der Waals surface area contributed by atoms with Gasteiger partial charge in [0.1, 0.15) is 0 Å². The molecule has 1 N–H and O–H groups in total. The maximum Gasteiger partial charge on any atom is 0.303 e. The summed E-state index contributed by atoms with van der Waals surface area (Å²) < 4.78 is 50.1. The summed E-state index contributed by atoms with van der Waals surface area (Å²) in [6, 6.07) is 7.13. The third kappa shape index (κ3) is 4.52. The molecule has 1 saturated heterocycles. The van der Waals surface area contributed by atoms with Crippen molar-refractivity contribution in [3.05, 3.63) is 30.3 Å². The lowest BCUT2D eigenvalue weighted by atomic mass is 10.2. The molecule has 1 atom stereocenters. The van der Waals surface area contributed by atoms with Crippen molar-refractivity contribution in [3.63, 3.8) is 0 Å². The van der Waals surface area contributed by atoms with E-state index in [1.54, 1.807) is 18.2 Å². The van der Waals surface area contributed by atoms with E-state index in [9.17, 15) is 21.6 Å². The first kappa shape index (κ1) is 17.9. The molecule has 0 spiro atoms. The summed E-state index contributed by atoms with van der Waals surface area (Å²) in [6.07, 6.45) is 0.208. The van der Waals surface area contributed by atoms with E-state index in [-0.39, 0.29) is 42.2 Å². The second kappa shape index (κ2) is 6.98. The second-order valence-electron chi connectivity index (χ2n) is 5.48. The van der Waals surface area contributed by atoms with Crippen LogP contribution in [0.25, 0.3) is 0 Å². The zero-order chi connectivity index (χ0) is 17.1. The minimum Gasteiger partial charge on any atom is -0.481 e. The summed E-state index contributed by atoms with van der Waals surface area (Å²) in [4.78, 5) is 10.7. The Bertz CT molecular complexity index is 758. The Kier molecular flexibility index (Phi) is 5.43. The van der Waals surface area contributed by atoms with Gasteiger partial charge >= 0.3 is 5.97 Å². The number of carboxylic acid groups (broad SMARTS) is 1. The van der Waals surface area contributed by atoms with Gasteiger partial charge in [-0.05, 0) is 25.0 Å².